The van der Waals surface area contributed by atoms with E-state index in [4.69, 9.17) is 22.1 Å². The van der Waals surface area contributed by atoms with E-state index < -0.39 is 12.1 Å². The van der Waals surface area contributed by atoms with E-state index in [1.54, 1.807) is 0 Å². The summed E-state index contributed by atoms with van der Waals surface area (Å²) in [6, 6.07) is 4.33. The quantitative estimate of drug-likeness (QED) is 0.930. The summed E-state index contributed by atoms with van der Waals surface area (Å²) in [6.07, 6.45) is -3.47. The van der Waals surface area contributed by atoms with Gasteiger partial charge in [-0.15, -0.1) is 13.2 Å². The van der Waals surface area contributed by atoms with Gasteiger partial charge in [-0.2, -0.15) is 0 Å². The van der Waals surface area contributed by atoms with E-state index in [1.165, 1.54) is 18.2 Å². The number of hydrogen-bond donors (Lipinski definition) is 1. The van der Waals surface area contributed by atoms with Crippen molar-refractivity contribution in [1.82, 2.24) is 0 Å². The Morgan fingerprint density at radius 3 is 2.75 bits per heavy atom. The Labute approximate surface area is 118 Å². The number of alkyl halides is 3. The number of hydrogen-bond acceptors (Lipinski definition) is 4. The minimum Gasteiger partial charge on any atom is -0.463 e. The summed E-state index contributed by atoms with van der Waals surface area (Å²) in [4.78, 5) is 4.06. The van der Waals surface area contributed by atoms with Crippen molar-refractivity contribution < 1.29 is 22.6 Å². The normalized spacial score (nSPS) is 18.6. The predicted octanol–water partition coefficient (Wildman–Crippen LogP) is 2.88. The molecule has 1 atom stereocenters. The highest BCUT2D eigenvalue weighted by atomic mass is 35.5. The molecule has 1 aromatic carbocycles. The van der Waals surface area contributed by atoms with Crippen molar-refractivity contribution in [2.45, 2.75) is 25.2 Å². The van der Waals surface area contributed by atoms with Crippen LogP contribution in [0.4, 0.5) is 13.2 Å². The lowest BCUT2D eigenvalue weighted by Gasteiger charge is -2.11. The highest BCUT2D eigenvalue weighted by molar-refractivity contribution is 6.32. The smallest absolute Gasteiger partial charge is 0.463 e. The van der Waals surface area contributed by atoms with E-state index >= 15 is 0 Å². The van der Waals surface area contributed by atoms with Crippen LogP contribution in [0.1, 0.15) is 12.0 Å². The Morgan fingerprint density at radius 2 is 2.20 bits per heavy atom. The molecule has 4 nitrogen and oxygen atoms in total. The second-order valence-corrected chi connectivity index (χ2v) is 4.69. The lowest BCUT2D eigenvalue weighted by Crippen LogP contribution is -2.17. The monoisotopic (exact) mass is 308 g/mol. The molecule has 0 aromatic heterocycles. The van der Waals surface area contributed by atoms with E-state index in [9.17, 15) is 13.2 Å². The maximum Gasteiger partial charge on any atom is 0.573 e. The lowest BCUT2D eigenvalue weighted by atomic mass is 10.1. The van der Waals surface area contributed by atoms with Crippen LogP contribution in [-0.4, -0.2) is 25.0 Å². The molecule has 2 rings (SSSR count). The second kappa shape index (κ2) is 5.78. The molecule has 0 spiro atoms. The first-order valence-corrected chi connectivity index (χ1v) is 6.21. The third-order valence-corrected chi connectivity index (χ3v) is 3.02. The van der Waals surface area contributed by atoms with Gasteiger partial charge in [0.15, 0.2) is 0 Å². The predicted molar refractivity (Wildman–Crippen MR) is 67.8 cm³/mol. The fraction of sp³-hybridized carbons (Fsp3) is 0.417. The average Bonchev–Trinajstić information content (AvgIpc) is 2.74. The van der Waals surface area contributed by atoms with Crippen molar-refractivity contribution in [2.24, 2.45) is 10.7 Å². The van der Waals surface area contributed by atoms with Crippen molar-refractivity contribution >= 4 is 17.6 Å². The molecule has 2 N–H and O–H groups in total. The molecule has 1 aliphatic heterocycles. The topological polar surface area (TPSA) is 56.8 Å². The second-order valence-electron chi connectivity index (χ2n) is 4.28. The number of amidine groups is 1. The van der Waals surface area contributed by atoms with Gasteiger partial charge in [0.1, 0.15) is 12.4 Å². The molecule has 0 fully saturated rings. The summed E-state index contributed by atoms with van der Waals surface area (Å²) in [5.74, 6) is -0.408. The number of rotatable bonds is 4. The fourth-order valence-corrected chi connectivity index (χ4v) is 2.07. The Bertz CT molecular complexity index is 520. The summed E-state index contributed by atoms with van der Waals surface area (Å²) in [5, 5.41) is -0.0782. The third kappa shape index (κ3) is 4.19. The summed E-state index contributed by atoms with van der Waals surface area (Å²) < 4.78 is 45.1. The Morgan fingerprint density at radius 1 is 1.45 bits per heavy atom. The van der Waals surface area contributed by atoms with Crippen molar-refractivity contribution in [3.05, 3.63) is 28.8 Å². The third-order valence-electron chi connectivity index (χ3n) is 2.72. The highest BCUT2D eigenvalue weighted by Crippen LogP contribution is 2.31. The molecule has 0 radical (unpaired) electrons. The molecule has 110 valence electrons. The van der Waals surface area contributed by atoms with Crippen LogP contribution in [-0.2, 0) is 11.2 Å². The lowest BCUT2D eigenvalue weighted by molar-refractivity contribution is -0.274. The minimum atomic E-state index is -4.75. The summed E-state index contributed by atoms with van der Waals surface area (Å²) in [7, 11) is 0. The van der Waals surface area contributed by atoms with Gasteiger partial charge in [-0.05, 0) is 30.5 Å². The molecular formula is C12H12ClF3N2O2. The van der Waals surface area contributed by atoms with Gasteiger partial charge in [-0.3, -0.25) is 0 Å². The van der Waals surface area contributed by atoms with Crippen LogP contribution < -0.4 is 10.5 Å². The van der Waals surface area contributed by atoms with Crippen molar-refractivity contribution in [1.29, 1.82) is 0 Å². The van der Waals surface area contributed by atoms with Gasteiger partial charge >= 0.3 is 6.36 Å². The number of nitrogens with zero attached hydrogens (tertiary/aromatic N) is 1. The number of aliphatic imine (C=N–C) groups is 1. The molecule has 0 saturated heterocycles. The number of benzene rings is 1. The molecule has 0 saturated carbocycles. The van der Waals surface area contributed by atoms with Gasteiger partial charge in [-0.25, -0.2) is 4.99 Å². The molecule has 20 heavy (non-hydrogen) atoms. The summed E-state index contributed by atoms with van der Waals surface area (Å²) in [6.45, 7) is 0.425. The Hall–Kier alpha value is -1.63. The minimum absolute atomic E-state index is 0.0279. The van der Waals surface area contributed by atoms with Gasteiger partial charge in [0.2, 0.25) is 0 Å². The van der Waals surface area contributed by atoms with Crippen LogP contribution in [0.3, 0.4) is 0 Å². The largest absolute Gasteiger partial charge is 0.573 e. The summed E-state index contributed by atoms with van der Waals surface area (Å²) >= 11 is 5.76. The molecule has 8 heteroatoms. The van der Waals surface area contributed by atoms with Crippen LogP contribution in [0.5, 0.6) is 5.75 Å². The van der Waals surface area contributed by atoms with E-state index in [0.29, 0.717) is 19.4 Å². The van der Waals surface area contributed by atoms with E-state index in [2.05, 4.69) is 9.73 Å². The zero-order chi connectivity index (χ0) is 14.8. The van der Waals surface area contributed by atoms with Crippen LogP contribution in [0.15, 0.2) is 23.2 Å². The van der Waals surface area contributed by atoms with E-state index in [1.807, 2.05) is 0 Å². The van der Waals surface area contributed by atoms with Gasteiger partial charge in [-0.1, -0.05) is 17.7 Å². The zero-order valence-corrected chi connectivity index (χ0v) is 11.0. The molecule has 1 heterocycles. The number of ether oxygens (including phenoxy) is 2. The Balaban J connectivity index is 1.95. The van der Waals surface area contributed by atoms with E-state index in [0.717, 1.165) is 5.56 Å². The number of aryl methyl sites for hydroxylation is 1. The SMILES string of the molecule is NC1=NC(CCc2ccc(OC(F)(F)F)c(Cl)c2)CO1. The molecule has 0 amide bonds. The Kier molecular flexibility index (Phi) is 4.27. The van der Waals surface area contributed by atoms with Gasteiger partial charge in [0, 0.05) is 0 Å². The van der Waals surface area contributed by atoms with Crippen LogP contribution >= 0.6 is 11.6 Å². The number of halogens is 4. The first-order chi connectivity index (χ1) is 9.33. The van der Waals surface area contributed by atoms with Crippen molar-refractivity contribution in [3.8, 4) is 5.75 Å². The van der Waals surface area contributed by atoms with Crippen LogP contribution in [0, 0.1) is 0 Å². The van der Waals surface area contributed by atoms with Crippen LogP contribution in [0.25, 0.3) is 0 Å². The molecule has 1 aromatic rings. The maximum absolute atomic E-state index is 12.1. The summed E-state index contributed by atoms with van der Waals surface area (Å²) in [5.41, 5.74) is 6.18. The van der Waals surface area contributed by atoms with Crippen LogP contribution in [0.2, 0.25) is 5.02 Å². The fourth-order valence-electron chi connectivity index (χ4n) is 1.82. The zero-order valence-electron chi connectivity index (χ0n) is 10.3. The van der Waals surface area contributed by atoms with Crippen molar-refractivity contribution in [3.63, 3.8) is 0 Å². The van der Waals surface area contributed by atoms with E-state index in [-0.39, 0.29) is 17.1 Å². The standard InChI is InChI=1S/C12H12ClF3N2O2/c13-9-5-7(1-3-8-6-19-11(17)18-8)2-4-10(9)20-12(14,15)16/h2,4-5,8H,1,3,6H2,(H2,17,18). The first-order valence-electron chi connectivity index (χ1n) is 5.84. The van der Waals surface area contributed by atoms with Gasteiger partial charge in [0.25, 0.3) is 6.02 Å². The maximum atomic E-state index is 12.1. The molecule has 1 unspecified atom stereocenters. The number of nitrogens with two attached hydrogens (primary N) is 1. The highest BCUT2D eigenvalue weighted by Gasteiger charge is 2.32. The molecular weight excluding hydrogens is 297 g/mol. The van der Waals surface area contributed by atoms with Gasteiger partial charge < -0.3 is 15.2 Å². The van der Waals surface area contributed by atoms with Gasteiger partial charge in [0.05, 0.1) is 11.1 Å². The average molecular weight is 309 g/mol. The molecule has 1 aliphatic rings. The molecule has 0 aliphatic carbocycles. The molecule has 0 bridgehead atoms. The first kappa shape index (κ1) is 14.8. The van der Waals surface area contributed by atoms with Crippen molar-refractivity contribution in [2.75, 3.05) is 6.61 Å².